The van der Waals surface area contributed by atoms with E-state index >= 15 is 0 Å². The summed E-state index contributed by atoms with van der Waals surface area (Å²) in [7, 11) is 0. The molecule has 126 valence electrons. The van der Waals surface area contributed by atoms with Crippen molar-refractivity contribution in [3.63, 3.8) is 0 Å². The van der Waals surface area contributed by atoms with Gasteiger partial charge >= 0.3 is 0 Å². The Hall–Kier alpha value is -1.51. The Morgan fingerprint density at radius 3 is 2.17 bits per heavy atom. The molecule has 0 radical (unpaired) electrons. The van der Waals surface area contributed by atoms with E-state index in [9.17, 15) is 0 Å². The fourth-order valence-electron chi connectivity index (χ4n) is 3.44. The third-order valence-corrected chi connectivity index (χ3v) is 6.14. The molecule has 0 unspecified atom stereocenters. The van der Waals surface area contributed by atoms with Gasteiger partial charge in [-0.25, -0.2) is 0 Å². The first kappa shape index (κ1) is 17.3. The highest BCUT2D eigenvalue weighted by Crippen LogP contribution is 2.35. The van der Waals surface area contributed by atoms with Crippen LogP contribution in [0.5, 0.6) is 0 Å². The molecule has 0 aliphatic heterocycles. The zero-order chi connectivity index (χ0) is 16.8. The van der Waals surface area contributed by atoms with Gasteiger partial charge in [-0.1, -0.05) is 67.3 Å². The molecule has 24 heavy (non-hydrogen) atoms. The lowest BCUT2D eigenvalue weighted by Crippen LogP contribution is -2.07. The molecular formula is C22H27NS. The third-order valence-electron chi connectivity index (χ3n) is 4.79. The number of benzene rings is 2. The van der Waals surface area contributed by atoms with Crippen molar-refractivity contribution in [2.45, 2.75) is 49.2 Å². The van der Waals surface area contributed by atoms with Crippen LogP contribution in [0.1, 0.15) is 50.2 Å². The highest BCUT2D eigenvalue weighted by Gasteiger charge is 2.15. The number of hydrogen-bond acceptors (Lipinski definition) is 2. The normalized spacial score (nSPS) is 16.8. The molecule has 0 spiro atoms. The Kier molecular flexibility index (Phi) is 6.17. The fourth-order valence-corrected chi connectivity index (χ4v) is 4.69. The van der Waals surface area contributed by atoms with Crippen molar-refractivity contribution in [3.05, 3.63) is 71.3 Å². The summed E-state index contributed by atoms with van der Waals surface area (Å²) in [4.78, 5) is 1.39. The molecule has 2 aromatic carbocycles. The van der Waals surface area contributed by atoms with Crippen LogP contribution in [0.2, 0.25) is 0 Å². The second-order valence-corrected chi connectivity index (χ2v) is 8.00. The van der Waals surface area contributed by atoms with Gasteiger partial charge in [0.25, 0.3) is 0 Å². The summed E-state index contributed by atoms with van der Waals surface area (Å²) in [6, 6.07) is 19.6. The van der Waals surface area contributed by atoms with E-state index in [1.807, 2.05) is 0 Å². The van der Waals surface area contributed by atoms with Gasteiger partial charge < -0.3 is 5.73 Å². The molecule has 0 amide bonds. The van der Waals surface area contributed by atoms with Crippen molar-refractivity contribution in [1.82, 2.24) is 0 Å². The molecular weight excluding hydrogens is 310 g/mol. The molecule has 1 fully saturated rings. The predicted molar refractivity (Wildman–Crippen MR) is 106 cm³/mol. The Morgan fingerprint density at radius 2 is 1.54 bits per heavy atom. The van der Waals surface area contributed by atoms with Gasteiger partial charge in [-0.15, -0.1) is 11.8 Å². The lowest BCUT2D eigenvalue weighted by atomic mass is 9.94. The molecule has 0 aromatic heterocycles. The number of rotatable bonds is 5. The van der Waals surface area contributed by atoms with Crippen LogP contribution in [0.15, 0.2) is 65.1 Å². The van der Waals surface area contributed by atoms with Crippen molar-refractivity contribution in [2.75, 3.05) is 6.54 Å². The summed E-state index contributed by atoms with van der Waals surface area (Å²) in [6.45, 7) is 2.72. The van der Waals surface area contributed by atoms with E-state index in [1.54, 1.807) is 0 Å². The molecule has 0 bridgehead atoms. The van der Waals surface area contributed by atoms with E-state index < -0.39 is 0 Å². The van der Waals surface area contributed by atoms with Crippen LogP contribution in [0.4, 0.5) is 0 Å². The van der Waals surface area contributed by atoms with E-state index in [0.717, 1.165) is 5.25 Å². The van der Waals surface area contributed by atoms with Crippen LogP contribution < -0.4 is 5.73 Å². The first-order chi connectivity index (χ1) is 11.8. The number of thioether (sulfide) groups is 1. The zero-order valence-corrected chi connectivity index (χ0v) is 15.3. The van der Waals surface area contributed by atoms with Crippen LogP contribution in [-0.4, -0.2) is 11.8 Å². The van der Waals surface area contributed by atoms with E-state index in [0.29, 0.717) is 6.54 Å². The third kappa shape index (κ3) is 4.31. The Bertz CT molecular complexity index is 667. The molecule has 1 saturated carbocycles. The molecule has 3 rings (SSSR count). The van der Waals surface area contributed by atoms with Gasteiger partial charge in [0, 0.05) is 16.7 Å². The molecule has 2 aromatic rings. The fraction of sp³-hybridized carbons (Fsp3) is 0.364. The van der Waals surface area contributed by atoms with Crippen molar-refractivity contribution in [2.24, 2.45) is 5.73 Å². The second kappa shape index (κ2) is 8.55. The summed E-state index contributed by atoms with van der Waals surface area (Å²) in [6.07, 6.45) is 6.94. The quantitative estimate of drug-likeness (QED) is 0.736. The first-order valence-electron chi connectivity index (χ1n) is 9.00. The highest BCUT2D eigenvalue weighted by molar-refractivity contribution is 8.00. The monoisotopic (exact) mass is 337 g/mol. The Balaban J connectivity index is 1.82. The van der Waals surface area contributed by atoms with Gasteiger partial charge in [0.15, 0.2) is 0 Å². The standard InChI is InChI=1S/C22H27NS/c1-17(16-23)22(18-8-4-2-5-9-18)19-12-14-21(15-13-19)24-20-10-6-3-7-11-20/h2,4-5,8-9,12-15,20H,3,6-7,10-11,16,23H2,1H3. The van der Waals surface area contributed by atoms with E-state index in [2.05, 4.69) is 73.3 Å². The van der Waals surface area contributed by atoms with Gasteiger partial charge in [0.05, 0.1) is 0 Å². The Labute approximate surface area is 150 Å². The maximum Gasteiger partial charge on any atom is 0.0143 e. The van der Waals surface area contributed by atoms with E-state index in [-0.39, 0.29) is 0 Å². The zero-order valence-electron chi connectivity index (χ0n) is 14.5. The molecule has 2 N–H and O–H groups in total. The van der Waals surface area contributed by atoms with Crippen molar-refractivity contribution < 1.29 is 0 Å². The molecule has 2 heteroatoms. The molecule has 1 aliphatic rings. The van der Waals surface area contributed by atoms with E-state index in [1.165, 1.54) is 59.3 Å². The molecule has 0 atom stereocenters. The van der Waals surface area contributed by atoms with Gasteiger partial charge in [-0.3, -0.25) is 0 Å². The minimum Gasteiger partial charge on any atom is -0.327 e. The topological polar surface area (TPSA) is 26.0 Å². The summed E-state index contributed by atoms with van der Waals surface area (Å²) in [5, 5.41) is 0.805. The summed E-state index contributed by atoms with van der Waals surface area (Å²) >= 11 is 2.05. The van der Waals surface area contributed by atoms with Crippen LogP contribution in [-0.2, 0) is 0 Å². The maximum atomic E-state index is 5.94. The van der Waals surface area contributed by atoms with Crippen LogP contribution in [0, 0.1) is 0 Å². The Morgan fingerprint density at radius 1 is 0.917 bits per heavy atom. The van der Waals surface area contributed by atoms with Crippen LogP contribution in [0.3, 0.4) is 0 Å². The lowest BCUT2D eigenvalue weighted by molar-refractivity contribution is 0.516. The molecule has 1 nitrogen and oxygen atoms in total. The predicted octanol–water partition coefficient (Wildman–Crippen LogP) is 5.89. The average Bonchev–Trinajstić information content (AvgIpc) is 2.65. The number of nitrogens with two attached hydrogens (primary N) is 1. The van der Waals surface area contributed by atoms with Crippen LogP contribution >= 0.6 is 11.8 Å². The summed E-state index contributed by atoms with van der Waals surface area (Å²) < 4.78 is 0. The second-order valence-electron chi connectivity index (χ2n) is 6.63. The lowest BCUT2D eigenvalue weighted by Gasteiger charge is -2.21. The van der Waals surface area contributed by atoms with Crippen LogP contribution in [0.25, 0.3) is 5.57 Å². The highest BCUT2D eigenvalue weighted by atomic mass is 32.2. The van der Waals surface area contributed by atoms with Gasteiger partial charge in [-0.2, -0.15) is 0 Å². The largest absolute Gasteiger partial charge is 0.327 e. The maximum absolute atomic E-state index is 5.94. The SMILES string of the molecule is CC(CN)=C(c1ccccc1)c1ccc(SC2CCCCC2)cc1. The molecule has 1 aliphatic carbocycles. The van der Waals surface area contributed by atoms with E-state index in [4.69, 9.17) is 5.73 Å². The summed E-state index contributed by atoms with van der Waals surface area (Å²) in [5.74, 6) is 0. The van der Waals surface area contributed by atoms with Crippen molar-refractivity contribution in [3.8, 4) is 0 Å². The first-order valence-corrected chi connectivity index (χ1v) is 9.88. The number of hydrogen-bond donors (Lipinski definition) is 1. The average molecular weight is 338 g/mol. The minimum atomic E-state index is 0.586. The van der Waals surface area contributed by atoms with Gasteiger partial charge in [-0.05, 0) is 48.6 Å². The van der Waals surface area contributed by atoms with Crippen molar-refractivity contribution in [1.29, 1.82) is 0 Å². The molecule has 0 saturated heterocycles. The minimum absolute atomic E-state index is 0.586. The summed E-state index contributed by atoms with van der Waals surface area (Å²) in [5.41, 5.74) is 10.9. The molecule has 0 heterocycles. The van der Waals surface area contributed by atoms with Gasteiger partial charge in [0.2, 0.25) is 0 Å². The van der Waals surface area contributed by atoms with Gasteiger partial charge in [0.1, 0.15) is 0 Å². The smallest absolute Gasteiger partial charge is 0.0143 e. The van der Waals surface area contributed by atoms with Crippen molar-refractivity contribution >= 4 is 17.3 Å².